The summed E-state index contributed by atoms with van der Waals surface area (Å²) in [5, 5.41) is 3.30. The van der Waals surface area contributed by atoms with Crippen LogP contribution in [0.3, 0.4) is 0 Å². The second-order valence-corrected chi connectivity index (χ2v) is 3.57. The number of ether oxygens (including phenoxy) is 1. The van der Waals surface area contributed by atoms with Crippen molar-refractivity contribution in [3.8, 4) is 0 Å². The number of carbonyl (C=O) groups excluding carboxylic acids is 1. The number of piperidine rings is 1. The molecule has 15 heavy (non-hydrogen) atoms. The van der Waals surface area contributed by atoms with Gasteiger partial charge in [0.1, 0.15) is 6.26 Å². The first-order chi connectivity index (χ1) is 7.31. The van der Waals surface area contributed by atoms with Gasteiger partial charge in [-0.25, -0.2) is 9.78 Å². The predicted molar refractivity (Wildman–Crippen MR) is 52.4 cm³/mol. The molecule has 82 valence electrons. The molecule has 1 aromatic rings. The van der Waals surface area contributed by atoms with Gasteiger partial charge in [0.25, 0.3) is 0 Å². The van der Waals surface area contributed by atoms with E-state index in [-0.39, 0.29) is 11.7 Å². The van der Waals surface area contributed by atoms with Crippen LogP contribution in [0.25, 0.3) is 0 Å². The molecule has 0 radical (unpaired) electrons. The van der Waals surface area contributed by atoms with E-state index in [0.29, 0.717) is 5.89 Å². The number of hydrogen-bond donors (Lipinski definition) is 1. The van der Waals surface area contributed by atoms with Gasteiger partial charge in [-0.3, -0.25) is 0 Å². The molecular formula is C10H14N2O3. The van der Waals surface area contributed by atoms with Crippen molar-refractivity contribution in [2.75, 3.05) is 13.7 Å². The topological polar surface area (TPSA) is 64.4 Å². The van der Waals surface area contributed by atoms with Crippen LogP contribution in [-0.4, -0.2) is 24.6 Å². The Hall–Kier alpha value is -1.36. The molecule has 1 aromatic heterocycles. The highest BCUT2D eigenvalue weighted by molar-refractivity contribution is 5.86. The lowest BCUT2D eigenvalue weighted by molar-refractivity contribution is 0.0594. The zero-order chi connectivity index (χ0) is 10.7. The second kappa shape index (κ2) is 4.44. The van der Waals surface area contributed by atoms with Gasteiger partial charge in [-0.15, -0.1) is 0 Å². The number of nitrogens with one attached hydrogen (secondary N) is 1. The molecule has 1 atom stereocenters. The number of rotatable bonds is 2. The van der Waals surface area contributed by atoms with Crippen LogP contribution in [0, 0.1) is 0 Å². The van der Waals surface area contributed by atoms with E-state index in [4.69, 9.17) is 4.42 Å². The Balaban J connectivity index is 2.08. The molecule has 0 spiro atoms. The Kier molecular flexibility index (Phi) is 3.01. The van der Waals surface area contributed by atoms with Gasteiger partial charge in [0.05, 0.1) is 13.2 Å². The molecule has 0 saturated carbocycles. The Labute approximate surface area is 87.8 Å². The van der Waals surface area contributed by atoms with Crippen molar-refractivity contribution in [2.24, 2.45) is 0 Å². The van der Waals surface area contributed by atoms with E-state index in [9.17, 15) is 4.79 Å². The predicted octanol–water partition coefficient (Wildman–Crippen LogP) is 1.28. The summed E-state index contributed by atoms with van der Waals surface area (Å²) in [5.41, 5.74) is 0.236. The van der Waals surface area contributed by atoms with Crippen LogP contribution < -0.4 is 5.32 Å². The fourth-order valence-electron chi connectivity index (χ4n) is 1.71. The van der Waals surface area contributed by atoms with Crippen LogP contribution in [0.4, 0.5) is 0 Å². The molecule has 0 bridgehead atoms. The van der Waals surface area contributed by atoms with E-state index < -0.39 is 5.97 Å². The second-order valence-electron chi connectivity index (χ2n) is 3.57. The highest BCUT2D eigenvalue weighted by atomic mass is 16.5. The maximum absolute atomic E-state index is 11.1. The van der Waals surface area contributed by atoms with Crippen LogP contribution >= 0.6 is 0 Å². The maximum Gasteiger partial charge on any atom is 0.360 e. The maximum atomic E-state index is 11.1. The van der Waals surface area contributed by atoms with Gasteiger partial charge in [0, 0.05) is 0 Å². The quantitative estimate of drug-likeness (QED) is 0.745. The third kappa shape index (κ3) is 2.18. The molecular weight excluding hydrogens is 196 g/mol. The summed E-state index contributed by atoms with van der Waals surface area (Å²) in [4.78, 5) is 15.2. The van der Waals surface area contributed by atoms with Gasteiger partial charge in [-0.2, -0.15) is 0 Å². The van der Waals surface area contributed by atoms with Crippen molar-refractivity contribution in [3.05, 3.63) is 17.8 Å². The van der Waals surface area contributed by atoms with Crippen molar-refractivity contribution in [1.82, 2.24) is 10.3 Å². The Morgan fingerprint density at radius 1 is 1.67 bits per heavy atom. The Bertz CT molecular complexity index is 342. The first kappa shape index (κ1) is 10.2. The average Bonchev–Trinajstić information content (AvgIpc) is 2.78. The average molecular weight is 210 g/mol. The van der Waals surface area contributed by atoms with Gasteiger partial charge in [0.2, 0.25) is 5.89 Å². The highest BCUT2D eigenvalue weighted by Gasteiger charge is 2.21. The summed E-state index contributed by atoms with van der Waals surface area (Å²) in [7, 11) is 1.33. The van der Waals surface area contributed by atoms with E-state index in [1.165, 1.54) is 19.8 Å². The molecule has 1 aliphatic heterocycles. The minimum Gasteiger partial charge on any atom is -0.464 e. The molecule has 5 heteroatoms. The largest absolute Gasteiger partial charge is 0.464 e. The van der Waals surface area contributed by atoms with E-state index >= 15 is 0 Å². The summed E-state index contributed by atoms with van der Waals surface area (Å²) in [6.07, 6.45) is 4.69. The van der Waals surface area contributed by atoms with Gasteiger partial charge in [0.15, 0.2) is 5.69 Å². The van der Waals surface area contributed by atoms with Gasteiger partial charge in [-0.05, 0) is 19.4 Å². The summed E-state index contributed by atoms with van der Waals surface area (Å²) < 4.78 is 9.81. The molecule has 1 saturated heterocycles. The van der Waals surface area contributed by atoms with Gasteiger partial charge in [-0.1, -0.05) is 6.42 Å². The number of aromatic nitrogens is 1. The van der Waals surface area contributed by atoms with Crippen LogP contribution in [-0.2, 0) is 4.74 Å². The molecule has 1 N–H and O–H groups in total. The molecule has 0 unspecified atom stereocenters. The summed E-state index contributed by atoms with van der Waals surface area (Å²) >= 11 is 0. The Morgan fingerprint density at radius 3 is 3.20 bits per heavy atom. The van der Waals surface area contributed by atoms with Gasteiger partial charge >= 0.3 is 5.97 Å². The van der Waals surface area contributed by atoms with Crippen molar-refractivity contribution in [1.29, 1.82) is 0 Å². The molecule has 2 heterocycles. The smallest absolute Gasteiger partial charge is 0.360 e. The number of methoxy groups -OCH3 is 1. The molecule has 5 nitrogen and oxygen atoms in total. The molecule has 1 aliphatic rings. The highest BCUT2D eigenvalue weighted by Crippen LogP contribution is 2.22. The standard InChI is InChI=1S/C10H14N2O3/c1-14-10(13)8-6-15-9(12-8)7-4-2-3-5-11-7/h6-7,11H,2-5H2,1H3/t7-/m1/s1. The first-order valence-electron chi connectivity index (χ1n) is 5.08. The lowest BCUT2D eigenvalue weighted by Gasteiger charge is -2.19. The molecule has 0 aromatic carbocycles. The van der Waals surface area contributed by atoms with Crippen LogP contribution in [0.5, 0.6) is 0 Å². The van der Waals surface area contributed by atoms with E-state index in [0.717, 1.165) is 19.4 Å². The number of hydrogen-bond acceptors (Lipinski definition) is 5. The van der Waals surface area contributed by atoms with Crippen molar-refractivity contribution in [3.63, 3.8) is 0 Å². The number of oxazole rings is 1. The molecule has 2 rings (SSSR count). The lowest BCUT2D eigenvalue weighted by Crippen LogP contribution is -2.27. The normalized spacial score (nSPS) is 21.3. The van der Waals surface area contributed by atoms with E-state index in [1.807, 2.05) is 0 Å². The molecule has 1 fully saturated rings. The number of esters is 1. The monoisotopic (exact) mass is 210 g/mol. The third-order valence-corrected chi connectivity index (χ3v) is 2.52. The van der Waals surface area contributed by atoms with E-state index in [1.54, 1.807) is 0 Å². The lowest BCUT2D eigenvalue weighted by atomic mass is 10.1. The van der Waals surface area contributed by atoms with E-state index in [2.05, 4.69) is 15.0 Å². The van der Waals surface area contributed by atoms with Crippen molar-refractivity contribution >= 4 is 5.97 Å². The fourth-order valence-corrected chi connectivity index (χ4v) is 1.71. The van der Waals surface area contributed by atoms with Crippen molar-refractivity contribution < 1.29 is 13.9 Å². The SMILES string of the molecule is COC(=O)c1coc([C@H]2CCCCN2)n1. The third-order valence-electron chi connectivity index (χ3n) is 2.52. The number of carbonyl (C=O) groups is 1. The zero-order valence-electron chi connectivity index (χ0n) is 8.66. The van der Waals surface area contributed by atoms with Crippen LogP contribution in [0.1, 0.15) is 41.7 Å². The molecule has 0 aliphatic carbocycles. The van der Waals surface area contributed by atoms with Crippen LogP contribution in [0.2, 0.25) is 0 Å². The summed E-state index contributed by atoms with van der Waals surface area (Å²) in [6, 6.07) is 0.136. The fraction of sp³-hybridized carbons (Fsp3) is 0.600. The zero-order valence-corrected chi connectivity index (χ0v) is 8.66. The van der Waals surface area contributed by atoms with Crippen LogP contribution in [0.15, 0.2) is 10.7 Å². The minimum absolute atomic E-state index is 0.136. The summed E-state index contributed by atoms with van der Waals surface area (Å²) in [5.74, 6) is 0.121. The van der Waals surface area contributed by atoms with Crippen molar-refractivity contribution in [2.45, 2.75) is 25.3 Å². The summed E-state index contributed by atoms with van der Waals surface area (Å²) in [6.45, 7) is 0.973. The number of nitrogens with zero attached hydrogens (tertiary/aromatic N) is 1. The van der Waals surface area contributed by atoms with Gasteiger partial charge < -0.3 is 14.5 Å². The minimum atomic E-state index is -0.458. The Morgan fingerprint density at radius 2 is 2.53 bits per heavy atom. The first-order valence-corrected chi connectivity index (χ1v) is 5.08. The molecule has 0 amide bonds.